The third-order valence-corrected chi connectivity index (χ3v) is 4.26. The molecule has 3 aliphatic rings. The van der Waals surface area contributed by atoms with Gasteiger partial charge in [0.05, 0.1) is 30.8 Å². The van der Waals surface area contributed by atoms with Crippen molar-refractivity contribution in [2.45, 2.75) is 26.2 Å². The molecule has 102 valence electrons. The van der Waals surface area contributed by atoms with Gasteiger partial charge in [-0.2, -0.15) is 0 Å². The summed E-state index contributed by atoms with van der Waals surface area (Å²) in [7, 11) is 1.49. The topological polar surface area (TPSA) is 61.6 Å². The van der Waals surface area contributed by atoms with Crippen molar-refractivity contribution in [1.82, 2.24) is 0 Å². The summed E-state index contributed by atoms with van der Waals surface area (Å²) >= 11 is 0. The third kappa shape index (κ3) is 2.03. The van der Waals surface area contributed by atoms with Gasteiger partial charge in [-0.1, -0.05) is 6.92 Å². The predicted molar refractivity (Wildman–Crippen MR) is 69.5 cm³/mol. The molecule has 2 bridgehead atoms. The fourth-order valence-corrected chi connectivity index (χ4v) is 3.81. The van der Waals surface area contributed by atoms with E-state index >= 15 is 0 Å². The Labute approximate surface area is 111 Å². The van der Waals surface area contributed by atoms with E-state index in [1.807, 2.05) is 0 Å². The molecule has 3 aliphatic carbocycles. The molecule has 4 rings (SSSR count). The Balaban J connectivity index is 1.70. The van der Waals surface area contributed by atoms with Crippen LogP contribution in [0, 0.1) is 20.9 Å². The van der Waals surface area contributed by atoms with Crippen molar-refractivity contribution < 1.29 is 14.4 Å². The van der Waals surface area contributed by atoms with Gasteiger partial charge in [-0.05, 0) is 24.7 Å². The van der Waals surface area contributed by atoms with Crippen LogP contribution in [-0.4, -0.2) is 18.6 Å². The molecule has 1 aromatic rings. The maximum atomic E-state index is 10.8. The van der Waals surface area contributed by atoms with Crippen LogP contribution in [0.25, 0.3) is 0 Å². The highest BCUT2D eigenvalue weighted by atomic mass is 16.6. The lowest BCUT2D eigenvalue weighted by molar-refractivity contribution is -0.385. The van der Waals surface area contributed by atoms with Crippen LogP contribution < -0.4 is 9.47 Å². The minimum absolute atomic E-state index is 0.00101. The first kappa shape index (κ1) is 12.3. The number of nitro groups is 1. The largest absolute Gasteiger partial charge is 0.496 e. The van der Waals surface area contributed by atoms with Gasteiger partial charge >= 0.3 is 0 Å². The van der Waals surface area contributed by atoms with Crippen molar-refractivity contribution in [2.75, 3.05) is 13.7 Å². The third-order valence-electron chi connectivity index (χ3n) is 4.26. The normalized spacial score (nSPS) is 31.1. The predicted octanol–water partition coefficient (Wildman–Crippen LogP) is 3.17. The Bertz CT molecular complexity index is 520. The van der Waals surface area contributed by atoms with Gasteiger partial charge < -0.3 is 9.47 Å². The van der Waals surface area contributed by atoms with Crippen molar-refractivity contribution in [2.24, 2.45) is 10.8 Å². The van der Waals surface area contributed by atoms with E-state index in [1.165, 1.54) is 38.5 Å². The van der Waals surface area contributed by atoms with E-state index in [-0.39, 0.29) is 5.69 Å². The monoisotopic (exact) mass is 263 g/mol. The Kier molecular flexibility index (Phi) is 2.49. The van der Waals surface area contributed by atoms with Crippen LogP contribution in [0.15, 0.2) is 18.2 Å². The highest BCUT2D eigenvalue weighted by molar-refractivity contribution is 5.46. The van der Waals surface area contributed by atoms with E-state index in [9.17, 15) is 10.1 Å². The highest BCUT2D eigenvalue weighted by Crippen LogP contribution is 2.72. The SMILES string of the molecule is COc1cc(OCC23CC(C)(C2)C3)cc([N+](=O)[O-])c1. The van der Waals surface area contributed by atoms with Gasteiger partial charge in [0.2, 0.25) is 0 Å². The molecule has 0 spiro atoms. The van der Waals surface area contributed by atoms with Crippen LogP contribution >= 0.6 is 0 Å². The van der Waals surface area contributed by atoms with Crippen LogP contribution in [0.2, 0.25) is 0 Å². The summed E-state index contributed by atoms with van der Waals surface area (Å²) in [6.45, 7) is 2.94. The molecule has 0 saturated heterocycles. The molecular formula is C14H17NO4. The van der Waals surface area contributed by atoms with Gasteiger partial charge in [0.15, 0.2) is 0 Å². The Morgan fingerprint density at radius 2 is 1.89 bits per heavy atom. The quantitative estimate of drug-likeness (QED) is 0.604. The first-order valence-corrected chi connectivity index (χ1v) is 6.40. The lowest BCUT2D eigenvalue weighted by Crippen LogP contribution is -2.62. The zero-order chi connectivity index (χ0) is 13.7. The summed E-state index contributed by atoms with van der Waals surface area (Å²) in [5, 5.41) is 10.8. The van der Waals surface area contributed by atoms with Gasteiger partial charge in [-0.15, -0.1) is 0 Å². The summed E-state index contributed by atoms with van der Waals surface area (Å²) in [5.41, 5.74) is 0.870. The molecule has 5 nitrogen and oxygen atoms in total. The highest BCUT2D eigenvalue weighted by Gasteiger charge is 2.65. The van der Waals surface area contributed by atoms with Crippen LogP contribution in [-0.2, 0) is 0 Å². The van der Waals surface area contributed by atoms with Crippen molar-refractivity contribution in [3.8, 4) is 11.5 Å². The number of rotatable bonds is 5. The number of methoxy groups -OCH3 is 1. The molecule has 19 heavy (non-hydrogen) atoms. The number of non-ortho nitro benzene ring substituents is 1. The van der Waals surface area contributed by atoms with E-state index in [4.69, 9.17) is 9.47 Å². The smallest absolute Gasteiger partial charge is 0.276 e. The molecular weight excluding hydrogens is 246 g/mol. The number of hydrogen-bond donors (Lipinski definition) is 0. The van der Waals surface area contributed by atoms with Crippen molar-refractivity contribution >= 4 is 5.69 Å². The van der Waals surface area contributed by atoms with Crippen LogP contribution in [0.1, 0.15) is 26.2 Å². The molecule has 0 aliphatic heterocycles. The van der Waals surface area contributed by atoms with E-state index in [0.717, 1.165) is 0 Å². The first-order valence-electron chi connectivity index (χ1n) is 6.40. The number of benzene rings is 1. The minimum Gasteiger partial charge on any atom is -0.496 e. The molecule has 5 heteroatoms. The zero-order valence-electron chi connectivity index (χ0n) is 11.1. The van der Waals surface area contributed by atoms with Crippen molar-refractivity contribution in [1.29, 1.82) is 0 Å². The molecule has 0 radical (unpaired) electrons. The molecule has 0 aromatic heterocycles. The standard InChI is InChI=1S/C14H17NO4/c1-13-6-14(7-13,8-13)9-19-12-4-10(15(16)17)3-11(5-12)18-2/h3-5H,6-9H2,1-2H3. The zero-order valence-corrected chi connectivity index (χ0v) is 11.1. The minimum atomic E-state index is -0.433. The number of ether oxygens (including phenoxy) is 2. The molecule has 0 atom stereocenters. The summed E-state index contributed by atoms with van der Waals surface area (Å²) in [4.78, 5) is 10.4. The van der Waals surface area contributed by atoms with Crippen LogP contribution in [0.3, 0.4) is 0 Å². The maximum absolute atomic E-state index is 10.8. The average molecular weight is 263 g/mol. The van der Waals surface area contributed by atoms with E-state index < -0.39 is 4.92 Å². The molecule has 0 N–H and O–H groups in total. The van der Waals surface area contributed by atoms with Gasteiger partial charge in [0, 0.05) is 11.5 Å². The Morgan fingerprint density at radius 1 is 1.26 bits per heavy atom. The van der Waals surface area contributed by atoms with E-state index in [1.54, 1.807) is 6.07 Å². The second kappa shape index (κ2) is 3.85. The number of hydrogen-bond acceptors (Lipinski definition) is 4. The lowest BCUT2D eigenvalue weighted by Gasteiger charge is -2.69. The van der Waals surface area contributed by atoms with Gasteiger partial charge in [-0.3, -0.25) is 10.1 Å². The first-order chi connectivity index (χ1) is 8.94. The Hall–Kier alpha value is -1.78. The lowest BCUT2D eigenvalue weighted by atomic mass is 9.36. The van der Waals surface area contributed by atoms with Crippen molar-refractivity contribution in [3.05, 3.63) is 28.3 Å². The second-order valence-electron chi connectivity index (χ2n) is 6.25. The Morgan fingerprint density at radius 3 is 2.42 bits per heavy atom. The van der Waals surface area contributed by atoms with E-state index in [2.05, 4.69) is 6.92 Å². The second-order valence-corrected chi connectivity index (χ2v) is 6.25. The maximum Gasteiger partial charge on any atom is 0.276 e. The average Bonchev–Trinajstić information content (AvgIpc) is 2.31. The number of nitrogens with zero attached hydrogens (tertiary/aromatic N) is 1. The summed E-state index contributed by atoms with van der Waals surface area (Å²) in [5.74, 6) is 0.967. The fraction of sp³-hybridized carbons (Fsp3) is 0.571. The van der Waals surface area contributed by atoms with Gasteiger partial charge in [-0.25, -0.2) is 0 Å². The molecule has 0 unspecified atom stereocenters. The van der Waals surface area contributed by atoms with Gasteiger partial charge in [0.1, 0.15) is 11.5 Å². The molecule has 0 amide bonds. The summed E-state index contributed by atoms with van der Waals surface area (Å²) in [6.07, 6.45) is 3.64. The summed E-state index contributed by atoms with van der Waals surface area (Å²) < 4.78 is 10.8. The van der Waals surface area contributed by atoms with Crippen LogP contribution in [0.4, 0.5) is 5.69 Å². The number of nitro benzene ring substituents is 1. The fourth-order valence-electron chi connectivity index (χ4n) is 3.81. The molecule has 3 saturated carbocycles. The van der Waals surface area contributed by atoms with Crippen LogP contribution in [0.5, 0.6) is 11.5 Å². The van der Waals surface area contributed by atoms with Crippen molar-refractivity contribution in [3.63, 3.8) is 0 Å². The molecule has 1 aromatic carbocycles. The molecule has 0 heterocycles. The van der Waals surface area contributed by atoms with Gasteiger partial charge in [0.25, 0.3) is 5.69 Å². The molecule has 3 fully saturated rings. The summed E-state index contributed by atoms with van der Waals surface area (Å²) in [6, 6.07) is 4.55. The van der Waals surface area contributed by atoms with E-state index in [0.29, 0.717) is 28.9 Å².